The van der Waals surface area contributed by atoms with Crippen LogP contribution in [0.4, 0.5) is 0 Å². The zero-order valence-electron chi connectivity index (χ0n) is 14.4. The Morgan fingerprint density at radius 1 is 1.33 bits per heavy atom. The Labute approximate surface area is 156 Å². The molecule has 10 nitrogen and oxygen atoms in total. The van der Waals surface area contributed by atoms with E-state index in [4.69, 9.17) is 4.98 Å². The summed E-state index contributed by atoms with van der Waals surface area (Å²) in [5.74, 6) is 1.09. The summed E-state index contributed by atoms with van der Waals surface area (Å²) in [6.07, 6.45) is 4.11. The van der Waals surface area contributed by atoms with Crippen LogP contribution in [0.2, 0.25) is 0 Å². The molecule has 5 rings (SSSR count). The van der Waals surface area contributed by atoms with Gasteiger partial charge in [-0.1, -0.05) is 6.58 Å². The number of fused-ring (bicyclic) bond motifs is 3. The van der Waals surface area contributed by atoms with Crippen molar-refractivity contribution in [3.8, 4) is 0 Å². The van der Waals surface area contributed by atoms with E-state index in [1.54, 1.807) is 23.7 Å². The monoisotopic (exact) mass is 381 g/mol. The summed E-state index contributed by atoms with van der Waals surface area (Å²) in [6, 6.07) is 1.92. The normalized spacial score (nSPS) is 14.0. The minimum atomic E-state index is -0.183. The number of thiazole rings is 1. The van der Waals surface area contributed by atoms with E-state index in [1.807, 2.05) is 17.7 Å². The summed E-state index contributed by atoms with van der Waals surface area (Å²) in [5.41, 5.74) is 7.84. The number of aromatic nitrogens is 6. The average molecular weight is 381 g/mol. The molecule has 3 N–H and O–H groups in total. The Morgan fingerprint density at radius 3 is 2.96 bits per heavy atom. The Morgan fingerprint density at radius 2 is 2.22 bits per heavy atom. The van der Waals surface area contributed by atoms with Crippen molar-refractivity contribution in [2.45, 2.75) is 13.0 Å². The smallest absolute Gasteiger partial charge is 0.291 e. The lowest BCUT2D eigenvalue weighted by Gasteiger charge is -2.05. The maximum Gasteiger partial charge on any atom is 0.291 e. The van der Waals surface area contributed by atoms with Gasteiger partial charge >= 0.3 is 0 Å². The summed E-state index contributed by atoms with van der Waals surface area (Å²) < 4.78 is 4.17. The van der Waals surface area contributed by atoms with Crippen molar-refractivity contribution in [2.75, 3.05) is 0 Å². The van der Waals surface area contributed by atoms with Crippen LogP contribution < -0.4 is 16.4 Å². The van der Waals surface area contributed by atoms with E-state index in [0.717, 1.165) is 26.4 Å². The summed E-state index contributed by atoms with van der Waals surface area (Å²) in [6.45, 7) is 3.94. The third-order valence-corrected chi connectivity index (χ3v) is 5.47. The molecule has 0 bridgehead atoms. The van der Waals surface area contributed by atoms with Gasteiger partial charge in [0, 0.05) is 30.7 Å². The highest BCUT2D eigenvalue weighted by Gasteiger charge is 2.19. The van der Waals surface area contributed by atoms with Gasteiger partial charge in [-0.05, 0) is 6.07 Å². The molecule has 0 radical (unpaired) electrons. The molecule has 0 fully saturated rings. The van der Waals surface area contributed by atoms with Gasteiger partial charge < -0.3 is 4.57 Å². The standard InChI is InChI=1S/C16H15N9OS/c1-8-19-11(23-21-8)7-25-16(26)13-10(6-18-25)14-15(24(13)2)20-12(27-14)5-9-3-4-17-22-9/h3-4,6,21H,1,5,7H2,2H3,(H,17,22)(H,19,23). The second kappa shape index (κ2) is 5.77. The molecule has 4 aromatic heterocycles. The van der Waals surface area contributed by atoms with Crippen LogP contribution in [0.15, 0.2) is 40.6 Å². The van der Waals surface area contributed by atoms with Gasteiger partial charge in [0.15, 0.2) is 5.65 Å². The molecule has 0 saturated carbocycles. The van der Waals surface area contributed by atoms with Gasteiger partial charge in [-0.2, -0.15) is 10.2 Å². The van der Waals surface area contributed by atoms with E-state index >= 15 is 0 Å². The number of nitrogens with zero attached hydrogens (tertiary/aromatic N) is 6. The van der Waals surface area contributed by atoms with Crippen LogP contribution in [0.1, 0.15) is 10.7 Å². The first kappa shape index (κ1) is 15.8. The molecule has 0 aromatic carbocycles. The lowest BCUT2D eigenvalue weighted by atomic mass is 10.3. The van der Waals surface area contributed by atoms with E-state index in [1.165, 1.54) is 4.68 Å². The SMILES string of the molecule is C=C1N=C(Cn2ncc3c4sc(Cc5ccn[nH]5)nc4n(C)c3c2=O)NN1. The number of aromatic amines is 1. The average Bonchev–Trinajstić information content (AvgIpc) is 3.40. The van der Waals surface area contributed by atoms with E-state index < -0.39 is 0 Å². The summed E-state index contributed by atoms with van der Waals surface area (Å²) in [7, 11) is 1.85. The lowest BCUT2D eigenvalue weighted by molar-refractivity contribution is 0.659. The van der Waals surface area contributed by atoms with Gasteiger partial charge in [0.1, 0.15) is 28.7 Å². The molecule has 27 heavy (non-hydrogen) atoms. The Hall–Kier alpha value is -3.47. The number of amidine groups is 1. The predicted octanol–water partition coefficient (Wildman–Crippen LogP) is 0.636. The number of hydrogen-bond donors (Lipinski definition) is 3. The van der Waals surface area contributed by atoms with Gasteiger partial charge in [-0.3, -0.25) is 20.7 Å². The van der Waals surface area contributed by atoms with Crippen LogP contribution in [0.3, 0.4) is 0 Å². The molecule has 0 amide bonds. The number of rotatable bonds is 4. The van der Waals surface area contributed by atoms with Crippen molar-refractivity contribution in [2.24, 2.45) is 12.0 Å². The zero-order chi connectivity index (χ0) is 18.5. The molecule has 5 heterocycles. The number of hydrazine groups is 1. The fourth-order valence-electron chi connectivity index (χ4n) is 3.15. The minimum absolute atomic E-state index is 0.183. The largest absolute Gasteiger partial charge is 0.323 e. The number of H-pyrrole nitrogens is 1. The van der Waals surface area contributed by atoms with Crippen molar-refractivity contribution in [1.29, 1.82) is 0 Å². The maximum absolute atomic E-state index is 12.9. The fourth-order valence-corrected chi connectivity index (χ4v) is 4.28. The van der Waals surface area contributed by atoms with Crippen molar-refractivity contribution in [1.82, 2.24) is 40.4 Å². The van der Waals surface area contributed by atoms with E-state index in [2.05, 4.69) is 37.7 Å². The number of aryl methyl sites for hydroxylation is 1. The first-order valence-electron chi connectivity index (χ1n) is 8.21. The van der Waals surface area contributed by atoms with Gasteiger partial charge in [-0.25, -0.2) is 14.7 Å². The van der Waals surface area contributed by atoms with Crippen molar-refractivity contribution >= 4 is 38.4 Å². The molecule has 136 valence electrons. The summed E-state index contributed by atoms with van der Waals surface area (Å²) in [4.78, 5) is 21.8. The third kappa shape index (κ3) is 2.51. The summed E-state index contributed by atoms with van der Waals surface area (Å²) in [5, 5.41) is 13.0. The van der Waals surface area contributed by atoms with E-state index in [0.29, 0.717) is 23.6 Å². The van der Waals surface area contributed by atoms with Gasteiger partial charge in [0.25, 0.3) is 5.56 Å². The van der Waals surface area contributed by atoms with E-state index in [-0.39, 0.29) is 12.1 Å². The van der Waals surface area contributed by atoms with E-state index in [9.17, 15) is 4.79 Å². The highest BCUT2D eigenvalue weighted by Crippen LogP contribution is 2.31. The predicted molar refractivity (Wildman–Crippen MR) is 102 cm³/mol. The molecule has 0 aliphatic carbocycles. The van der Waals surface area contributed by atoms with Crippen LogP contribution in [0, 0.1) is 0 Å². The molecule has 1 aliphatic rings. The Bertz CT molecular complexity index is 1270. The quantitative estimate of drug-likeness (QED) is 0.477. The third-order valence-electron chi connectivity index (χ3n) is 4.39. The highest BCUT2D eigenvalue weighted by molar-refractivity contribution is 7.19. The van der Waals surface area contributed by atoms with Gasteiger partial charge in [-0.15, -0.1) is 11.3 Å². The number of hydrogen-bond acceptors (Lipinski definition) is 8. The number of aliphatic imine (C=N–C) groups is 1. The molecule has 0 unspecified atom stereocenters. The van der Waals surface area contributed by atoms with Crippen LogP contribution >= 0.6 is 11.3 Å². The zero-order valence-corrected chi connectivity index (χ0v) is 15.2. The van der Waals surface area contributed by atoms with Crippen LogP contribution in [-0.2, 0) is 20.0 Å². The molecule has 0 spiro atoms. The Kier molecular flexibility index (Phi) is 3.37. The van der Waals surface area contributed by atoms with Crippen molar-refractivity contribution in [3.63, 3.8) is 0 Å². The molecule has 0 saturated heterocycles. The van der Waals surface area contributed by atoms with Crippen LogP contribution in [0.5, 0.6) is 0 Å². The first-order chi connectivity index (χ1) is 13.1. The van der Waals surface area contributed by atoms with Gasteiger partial charge in [0.05, 0.1) is 10.9 Å². The lowest BCUT2D eigenvalue weighted by Crippen LogP contribution is -2.35. The van der Waals surface area contributed by atoms with Crippen LogP contribution in [0.25, 0.3) is 21.3 Å². The minimum Gasteiger partial charge on any atom is -0.323 e. The molecule has 11 heteroatoms. The van der Waals surface area contributed by atoms with Crippen LogP contribution in [-0.4, -0.2) is 35.4 Å². The first-order valence-corrected chi connectivity index (χ1v) is 9.02. The van der Waals surface area contributed by atoms with Crippen molar-refractivity contribution in [3.05, 3.63) is 51.9 Å². The topological polar surface area (TPSA) is 118 Å². The maximum atomic E-state index is 12.9. The molecule has 0 atom stereocenters. The summed E-state index contributed by atoms with van der Waals surface area (Å²) >= 11 is 1.57. The molecule has 1 aliphatic heterocycles. The number of nitrogens with one attached hydrogen (secondary N) is 3. The van der Waals surface area contributed by atoms with Gasteiger partial charge in [0.2, 0.25) is 0 Å². The Balaban J connectivity index is 1.58. The second-order valence-corrected chi connectivity index (χ2v) is 7.29. The molecule has 4 aromatic rings. The second-order valence-electron chi connectivity index (χ2n) is 6.20. The van der Waals surface area contributed by atoms with Crippen molar-refractivity contribution < 1.29 is 0 Å². The highest BCUT2D eigenvalue weighted by atomic mass is 32.1. The molecular formula is C16H15N9OS. The fraction of sp³-hybridized carbons (Fsp3) is 0.188. The molecular weight excluding hydrogens is 366 g/mol.